The molecule has 29 heavy (non-hydrogen) atoms. The summed E-state index contributed by atoms with van der Waals surface area (Å²) in [6.07, 6.45) is 0. The Morgan fingerprint density at radius 3 is 2.41 bits per heavy atom. The third kappa shape index (κ3) is 4.51. The molecule has 1 aromatic heterocycles. The minimum absolute atomic E-state index is 0.0465. The van der Waals surface area contributed by atoms with E-state index in [0.29, 0.717) is 11.1 Å². The SMILES string of the molecule is CC(=O)OCCn1c(C(=O)c2cc(C)cc(C#N)c2)c(C(C)C)c(=O)n(C)c1=O. The van der Waals surface area contributed by atoms with Gasteiger partial charge in [0.05, 0.1) is 18.2 Å². The van der Waals surface area contributed by atoms with Crippen LogP contribution in [0, 0.1) is 18.3 Å². The number of benzene rings is 1. The Bertz CT molecular complexity index is 1130. The van der Waals surface area contributed by atoms with Crippen molar-refractivity contribution in [3.63, 3.8) is 0 Å². The van der Waals surface area contributed by atoms with Crippen molar-refractivity contribution in [2.24, 2.45) is 7.05 Å². The monoisotopic (exact) mass is 397 g/mol. The lowest BCUT2D eigenvalue weighted by Crippen LogP contribution is -2.44. The number of ether oxygens (including phenoxy) is 1. The van der Waals surface area contributed by atoms with Crippen LogP contribution in [-0.2, 0) is 23.1 Å². The number of ketones is 1. The molecule has 0 amide bonds. The number of aryl methyl sites for hydroxylation is 1. The van der Waals surface area contributed by atoms with Gasteiger partial charge in [-0.1, -0.05) is 13.8 Å². The summed E-state index contributed by atoms with van der Waals surface area (Å²) < 4.78 is 7.03. The summed E-state index contributed by atoms with van der Waals surface area (Å²) in [7, 11) is 1.34. The molecule has 2 rings (SSSR count). The van der Waals surface area contributed by atoms with Gasteiger partial charge < -0.3 is 4.74 Å². The molecule has 1 aromatic carbocycles. The molecule has 2 aromatic rings. The van der Waals surface area contributed by atoms with Crippen molar-refractivity contribution in [1.82, 2.24) is 9.13 Å². The molecule has 0 saturated carbocycles. The van der Waals surface area contributed by atoms with Gasteiger partial charge in [0, 0.05) is 25.1 Å². The van der Waals surface area contributed by atoms with Gasteiger partial charge in [0.25, 0.3) is 5.56 Å². The maximum absolute atomic E-state index is 13.4. The Hall–Kier alpha value is -3.47. The van der Waals surface area contributed by atoms with Crippen LogP contribution in [0.4, 0.5) is 0 Å². The largest absolute Gasteiger partial charge is 0.464 e. The van der Waals surface area contributed by atoms with Crippen molar-refractivity contribution in [2.75, 3.05) is 6.61 Å². The summed E-state index contributed by atoms with van der Waals surface area (Å²) in [5.74, 6) is -1.39. The molecule has 0 unspecified atom stereocenters. The standard InChI is InChI=1S/C21H23N3O5/c1-12(2)17-18(19(26)16-9-13(3)8-15(10-16)11-22)24(6-7-29-14(4)25)21(28)23(5)20(17)27/h8-10,12H,6-7H2,1-5H3. The van der Waals surface area contributed by atoms with E-state index < -0.39 is 23.0 Å². The number of carbonyl (C=O) groups excluding carboxylic acids is 2. The fourth-order valence-corrected chi connectivity index (χ4v) is 3.16. The van der Waals surface area contributed by atoms with Crippen LogP contribution in [0.2, 0.25) is 0 Å². The highest BCUT2D eigenvalue weighted by molar-refractivity contribution is 6.09. The molecule has 0 atom stereocenters. The molecule has 8 heteroatoms. The molecular weight excluding hydrogens is 374 g/mol. The summed E-state index contributed by atoms with van der Waals surface area (Å²) in [6, 6.07) is 6.67. The van der Waals surface area contributed by atoms with Gasteiger partial charge in [-0.25, -0.2) is 4.79 Å². The van der Waals surface area contributed by atoms with Crippen molar-refractivity contribution in [2.45, 2.75) is 40.2 Å². The lowest BCUT2D eigenvalue weighted by Gasteiger charge is -2.19. The van der Waals surface area contributed by atoms with E-state index in [1.54, 1.807) is 32.9 Å². The van der Waals surface area contributed by atoms with Crippen molar-refractivity contribution < 1.29 is 14.3 Å². The van der Waals surface area contributed by atoms with E-state index in [1.165, 1.54) is 20.0 Å². The Labute approximate surface area is 168 Å². The molecule has 0 N–H and O–H groups in total. The average Bonchev–Trinajstić information content (AvgIpc) is 2.65. The van der Waals surface area contributed by atoms with E-state index in [4.69, 9.17) is 4.74 Å². The summed E-state index contributed by atoms with van der Waals surface area (Å²) in [5, 5.41) is 9.21. The molecular formula is C21H23N3O5. The zero-order valence-electron chi connectivity index (χ0n) is 17.1. The van der Waals surface area contributed by atoms with E-state index in [1.807, 2.05) is 6.07 Å². The second kappa shape index (κ2) is 8.69. The number of aromatic nitrogens is 2. The van der Waals surface area contributed by atoms with Crippen LogP contribution in [0.15, 0.2) is 27.8 Å². The number of hydrogen-bond acceptors (Lipinski definition) is 6. The number of rotatable bonds is 6. The van der Waals surface area contributed by atoms with Crippen LogP contribution < -0.4 is 11.2 Å². The fourth-order valence-electron chi connectivity index (χ4n) is 3.16. The van der Waals surface area contributed by atoms with Crippen molar-refractivity contribution in [3.05, 3.63) is 67.0 Å². The normalized spacial score (nSPS) is 10.7. The van der Waals surface area contributed by atoms with Crippen LogP contribution in [-0.4, -0.2) is 27.5 Å². The van der Waals surface area contributed by atoms with Crippen LogP contribution in [0.5, 0.6) is 0 Å². The summed E-state index contributed by atoms with van der Waals surface area (Å²) in [5.41, 5.74) is 0.133. The Morgan fingerprint density at radius 1 is 1.21 bits per heavy atom. The van der Waals surface area contributed by atoms with Crippen molar-refractivity contribution in [3.8, 4) is 6.07 Å². The molecule has 0 fully saturated rings. The summed E-state index contributed by atoms with van der Waals surface area (Å²) >= 11 is 0. The van der Waals surface area contributed by atoms with Gasteiger partial charge in [0.1, 0.15) is 12.3 Å². The average molecular weight is 397 g/mol. The number of nitrogens with zero attached hydrogens (tertiary/aromatic N) is 3. The maximum atomic E-state index is 13.4. The molecule has 0 aliphatic carbocycles. The van der Waals surface area contributed by atoms with E-state index >= 15 is 0 Å². The first kappa shape index (κ1) is 21.8. The lowest BCUT2D eigenvalue weighted by atomic mass is 9.95. The first-order valence-corrected chi connectivity index (χ1v) is 9.12. The minimum Gasteiger partial charge on any atom is -0.464 e. The second-order valence-electron chi connectivity index (χ2n) is 7.08. The zero-order chi connectivity index (χ0) is 21.9. The van der Waals surface area contributed by atoms with Crippen LogP contribution in [0.25, 0.3) is 0 Å². The van der Waals surface area contributed by atoms with Crippen molar-refractivity contribution in [1.29, 1.82) is 5.26 Å². The highest BCUT2D eigenvalue weighted by Crippen LogP contribution is 2.20. The molecule has 1 heterocycles. The predicted molar refractivity (Wildman–Crippen MR) is 106 cm³/mol. The van der Waals surface area contributed by atoms with Crippen molar-refractivity contribution >= 4 is 11.8 Å². The molecule has 152 valence electrons. The zero-order valence-corrected chi connectivity index (χ0v) is 17.1. The van der Waals surface area contributed by atoms with E-state index in [2.05, 4.69) is 0 Å². The minimum atomic E-state index is -0.678. The van der Waals surface area contributed by atoms with Gasteiger partial charge in [-0.3, -0.25) is 23.5 Å². The van der Waals surface area contributed by atoms with Gasteiger partial charge >= 0.3 is 11.7 Å². The highest BCUT2D eigenvalue weighted by Gasteiger charge is 2.26. The third-order valence-electron chi connectivity index (χ3n) is 4.46. The first-order chi connectivity index (χ1) is 13.6. The fraction of sp³-hybridized carbons (Fsp3) is 0.381. The summed E-state index contributed by atoms with van der Waals surface area (Å²) in [6.45, 7) is 6.30. The van der Waals surface area contributed by atoms with Gasteiger partial charge in [-0.2, -0.15) is 5.26 Å². The quantitative estimate of drug-likeness (QED) is 0.541. The predicted octanol–water partition coefficient (Wildman–Crippen LogP) is 1.64. The Kier molecular flexibility index (Phi) is 6.54. The van der Waals surface area contributed by atoms with Gasteiger partial charge in [-0.05, 0) is 36.6 Å². The molecule has 0 bridgehead atoms. The van der Waals surface area contributed by atoms with Gasteiger partial charge in [0.15, 0.2) is 0 Å². The topological polar surface area (TPSA) is 111 Å². The molecule has 0 radical (unpaired) electrons. The molecule has 0 aliphatic heterocycles. The third-order valence-corrected chi connectivity index (χ3v) is 4.46. The molecule has 0 aliphatic rings. The van der Waals surface area contributed by atoms with Crippen LogP contribution >= 0.6 is 0 Å². The number of hydrogen-bond donors (Lipinski definition) is 0. The van der Waals surface area contributed by atoms with Gasteiger partial charge in [0.2, 0.25) is 5.78 Å². The van der Waals surface area contributed by atoms with Gasteiger partial charge in [-0.15, -0.1) is 0 Å². The maximum Gasteiger partial charge on any atom is 0.331 e. The highest BCUT2D eigenvalue weighted by atomic mass is 16.5. The number of nitriles is 1. The van der Waals surface area contributed by atoms with E-state index in [0.717, 1.165) is 9.13 Å². The van der Waals surface area contributed by atoms with Crippen LogP contribution in [0.3, 0.4) is 0 Å². The Morgan fingerprint density at radius 2 is 1.86 bits per heavy atom. The molecule has 8 nitrogen and oxygen atoms in total. The Balaban J connectivity index is 2.79. The molecule has 0 spiro atoms. The van der Waals surface area contributed by atoms with E-state index in [-0.39, 0.29) is 35.9 Å². The summed E-state index contributed by atoms with van der Waals surface area (Å²) in [4.78, 5) is 50.0. The number of esters is 1. The second-order valence-corrected chi connectivity index (χ2v) is 7.08. The first-order valence-electron chi connectivity index (χ1n) is 9.12. The number of carbonyl (C=O) groups is 2. The van der Waals surface area contributed by atoms with Crippen LogP contribution in [0.1, 0.15) is 59.4 Å². The lowest BCUT2D eigenvalue weighted by molar-refractivity contribution is -0.141. The smallest absolute Gasteiger partial charge is 0.331 e. The molecule has 0 saturated heterocycles. The van der Waals surface area contributed by atoms with E-state index in [9.17, 15) is 24.4 Å².